The van der Waals surface area contributed by atoms with E-state index in [9.17, 15) is 22.0 Å². The maximum Gasteiger partial charge on any atom is 0.387 e. The lowest BCUT2D eigenvalue weighted by molar-refractivity contribution is -0.0505. The van der Waals surface area contributed by atoms with Crippen LogP contribution in [0.1, 0.15) is 34.1 Å². The summed E-state index contributed by atoms with van der Waals surface area (Å²) in [5.74, 6) is -0.658. The molecule has 3 aromatic heterocycles. The second-order valence-electron chi connectivity index (χ2n) is 7.75. The minimum atomic E-state index is -3.42. The van der Waals surface area contributed by atoms with Gasteiger partial charge in [-0.25, -0.2) is 18.4 Å². The number of imidazole rings is 1. The third kappa shape index (κ3) is 3.76. The Morgan fingerprint density at radius 3 is 2.55 bits per heavy atom. The molecule has 1 unspecified atom stereocenters. The van der Waals surface area contributed by atoms with Crippen LogP contribution in [0.15, 0.2) is 66.0 Å². The number of sulfone groups is 1. The van der Waals surface area contributed by atoms with E-state index in [2.05, 4.69) is 9.97 Å². The number of nitrogens with zero attached hydrogens (tertiary/aromatic N) is 3. The number of carbonyl (C=O) groups excluding carboxylic acids is 1. The lowest BCUT2D eigenvalue weighted by Crippen LogP contribution is -2.08. The lowest BCUT2D eigenvalue weighted by atomic mass is 9.95. The third-order valence-corrected chi connectivity index (χ3v) is 6.60. The van der Waals surface area contributed by atoms with Gasteiger partial charge in [0.15, 0.2) is 20.6 Å². The number of carbonyl (C=O) groups is 1. The average Bonchev–Trinajstić information content (AvgIpc) is 3.30. The minimum absolute atomic E-state index is 0.0184. The first-order chi connectivity index (χ1) is 15.7. The van der Waals surface area contributed by atoms with Crippen LogP contribution < -0.4 is 4.74 Å². The Kier molecular flexibility index (Phi) is 4.97. The largest absolute Gasteiger partial charge is 0.435 e. The number of aromatic nitrogens is 3. The van der Waals surface area contributed by atoms with Crippen LogP contribution in [0.5, 0.6) is 5.75 Å². The summed E-state index contributed by atoms with van der Waals surface area (Å²) < 4.78 is 55.7. The first-order valence-corrected chi connectivity index (χ1v) is 11.9. The summed E-state index contributed by atoms with van der Waals surface area (Å²) >= 11 is 0. The van der Waals surface area contributed by atoms with Crippen LogP contribution in [-0.4, -0.2) is 41.4 Å². The van der Waals surface area contributed by atoms with E-state index in [4.69, 9.17) is 4.74 Å². The minimum Gasteiger partial charge on any atom is -0.435 e. The SMILES string of the molecule is CS(=O)(=O)c1ccc(-c2ccc3nc4c(n3c2)C(c2ccccc2OC(F)F)CC4=O)cn1. The Balaban J connectivity index is 1.62. The van der Waals surface area contributed by atoms with E-state index >= 15 is 0 Å². The molecular weight excluding hydrogens is 452 g/mol. The van der Waals surface area contributed by atoms with Gasteiger partial charge in [-0.3, -0.25) is 4.79 Å². The normalized spacial score (nSPS) is 15.9. The Morgan fingerprint density at radius 2 is 1.85 bits per heavy atom. The second-order valence-corrected chi connectivity index (χ2v) is 9.71. The van der Waals surface area contributed by atoms with Crippen molar-refractivity contribution < 1.29 is 26.7 Å². The molecule has 1 aliphatic rings. The summed E-state index contributed by atoms with van der Waals surface area (Å²) in [5.41, 5.74) is 3.32. The summed E-state index contributed by atoms with van der Waals surface area (Å²) in [5, 5.41) is -0.0304. The number of pyridine rings is 2. The molecule has 168 valence electrons. The van der Waals surface area contributed by atoms with Crippen molar-refractivity contribution in [2.75, 3.05) is 6.26 Å². The summed E-state index contributed by atoms with van der Waals surface area (Å²) in [7, 11) is -3.42. The molecule has 0 amide bonds. The maximum atomic E-state index is 12.9. The number of halogens is 2. The summed E-state index contributed by atoms with van der Waals surface area (Å²) in [6.07, 6.45) is 4.42. The number of ketones is 1. The molecule has 5 rings (SSSR count). The maximum absolute atomic E-state index is 12.9. The predicted molar refractivity (Wildman–Crippen MR) is 115 cm³/mol. The highest BCUT2D eigenvalue weighted by Gasteiger charge is 2.37. The van der Waals surface area contributed by atoms with Gasteiger partial charge in [0.1, 0.15) is 17.1 Å². The molecule has 7 nitrogen and oxygen atoms in total. The first-order valence-electron chi connectivity index (χ1n) is 9.98. The van der Waals surface area contributed by atoms with Gasteiger partial charge in [0, 0.05) is 47.7 Å². The van der Waals surface area contributed by atoms with Gasteiger partial charge in [-0.15, -0.1) is 0 Å². The molecule has 33 heavy (non-hydrogen) atoms. The molecule has 1 aliphatic carbocycles. The average molecular weight is 469 g/mol. The number of ether oxygens (including phenoxy) is 1. The van der Waals surface area contributed by atoms with Crippen molar-refractivity contribution in [2.45, 2.75) is 24.0 Å². The van der Waals surface area contributed by atoms with Crippen molar-refractivity contribution in [3.63, 3.8) is 0 Å². The highest BCUT2D eigenvalue weighted by atomic mass is 32.2. The van der Waals surface area contributed by atoms with Crippen molar-refractivity contribution in [2.24, 2.45) is 0 Å². The molecule has 1 aromatic carbocycles. The van der Waals surface area contributed by atoms with Crippen LogP contribution in [0.4, 0.5) is 8.78 Å². The number of hydrogen-bond acceptors (Lipinski definition) is 6. The van der Waals surface area contributed by atoms with Gasteiger partial charge in [0.2, 0.25) is 0 Å². The highest BCUT2D eigenvalue weighted by molar-refractivity contribution is 7.90. The number of alkyl halides is 2. The van der Waals surface area contributed by atoms with Crippen LogP contribution in [0.25, 0.3) is 16.8 Å². The van der Waals surface area contributed by atoms with Gasteiger partial charge in [-0.05, 0) is 30.3 Å². The van der Waals surface area contributed by atoms with Crippen LogP contribution in [-0.2, 0) is 9.84 Å². The number of fused-ring (bicyclic) bond motifs is 3. The molecule has 3 heterocycles. The van der Waals surface area contributed by atoms with Crippen molar-refractivity contribution in [3.05, 3.63) is 77.9 Å². The smallest absolute Gasteiger partial charge is 0.387 e. The van der Waals surface area contributed by atoms with E-state index in [1.807, 2.05) is 0 Å². The van der Waals surface area contributed by atoms with Crippen LogP contribution in [0, 0.1) is 0 Å². The Bertz CT molecular complexity index is 1500. The fourth-order valence-electron chi connectivity index (χ4n) is 4.15. The van der Waals surface area contributed by atoms with Gasteiger partial charge in [-0.1, -0.05) is 18.2 Å². The Labute approximate surface area is 187 Å². The highest BCUT2D eigenvalue weighted by Crippen LogP contribution is 2.42. The molecule has 0 bridgehead atoms. The second kappa shape index (κ2) is 7.73. The van der Waals surface area contributed by atoms with E-state index in [0.29, 0.717) is 28.2 Å². The van der Waals surface area contributed by atoms with Crippen molar-refractivity contribution >= 4 is 21.3 Å². The van der Waals surface area contributed by atoms with Gasteiger partial charge < -0.3 is 9.14 Å². The number of rotatable bonds is 5. The molecule has 0 aliphatic heterocycles. The van der Waals surface area contributed by atoms with Gasteiger partial charge in [0.05, 0.1) is 5.69 Å². The predicted octanol–water partition coefficient (Wildman–Crippen LogP) is 4.12. The molecule has 0 spiro atoms. The van der Waals surface area contributed by atoms with Gasteiger partial charge in [-0.2, -0.15) is 8.78 Å². The van der Waals surface area contributed by atoms with E-state index < -0.39 is 22.4 Å². The lowest BCUT2D eigenvalue weighted by Gasteiger charge is -2.16. The first kappa shape index (κ1) is 21.2. The fourth-order valence-corrected chi connectivity index (χ4v) is 4.71. The molecule has 10 heteroatoms. The van der Waals surface area contributed by atoms with E-state index in [1.54, 1.807) is 47.0 Å². The quantitative estimate of drug-likeness (QED) is 0.437. The van der Waals surface area contributed by atoms with Gasteiger partial charge >= 0.3 is 6.61 Å². The fraction of sp³-hybridized carbons (Fsp3) is 0.174. The summed E-state index contributed by atoms with van der Waals surface area (Å²) in [4.78, 5) is 21.2. The number of benzene rings is 1. The third-order valence-electron chi connectivity index (χ3n) is 5.60. The molecule has 0 radical (unpaired) electrons. The zero-order chi connectivity index (χ0) is 23.3. The molecule has 0 fully saturated rings. The molecule has 0 saturated heterocycles. The molecule has 0 N–H and O–H groups in total. The van der Waals surface area contributed by atoms with Crippen molar-refractivity contribution in [1.29, 1.82) is 0 Å². The zero-order valence-electron chi connectivity index (χ0n) is 17.3. The number of para-hydroxylation sites is 1. The van der Waals surface area contributed by atoms with Crippen molar-refractivity contribution in [1.82, 2.24) is 14.4 Å². The van der Waals surface area contributed by atoms with E-state index in [1.165, 1.54) is 18.3 Å². The monoisotopic (exact) mass is 469 g/mol. The molecule has 1 atom stereocenters. The standard InChI is InChI=1S/C23H17F2N3O4S/c1-33(30,31)20-9-7-13(11-26-20)14-6-8-19-27-21-17(29)10-16(22(21)28(19)12-14)15-4-2-3-5-18(15)32-23(24)25/h2-9,11-12,16,23H,10H2,1H3. The van der Waals surface area contributed by atoms with Crippen molar-refractivity contribution in [3.8, 4) is 16.9 Å². The summed E-state index contributed by atoms with van der Waals surface area (Å²) in [6.45, 7) is -2.99. The zero-order valence-corrected chi connectivity index (χ0v) is 18.1. The Morgan fingerprint density at radius 1 is 1.09 bits per heavy atom. The molecular formula is C23H17F2N3O4S. The molecule has 4 aromatic rings. The Hall–Kier alpha value is -3.66. The van der Waals surface area contributed by atoms with Gasteiger partial charge in [0.25, 0.3) is 0 Å². The van der Waals surface area contributed by atoms with E-state index in [0.717, 1.165) is 11.8 Å². The van der Waals surface area contributed by atoms with Crippen LogP contribution >= 0.6 is 0 Å². The van der Waals surface area contributed by atoms with Crippen LogP contribution in [0.2, 0.25) is 0 Å². The summed E-state index contributed by atoms with van der Waals surface area (Å²) in [6, 6.07) is 13.0. The number of Topliss-reactive ketones (excluding diaryl/α,β-unsaturated/α-hetero) is 1. The van der Waals surface area contributed by atoms with Crippen LogP contribution in [0.3, 0.4) is 0 Å². The topological polar surface area (TPSA) is 90.6 Å². The van der Waals surface area contributed by atoms with E-state index in [-0.39, 0.29) is 23.0 Å². The molecule has 0 saturated carbocycles. The number of hydrogen-bond donors (Lipinski definition) is 0.